The summed E-state index contributed by atoms with van der Waals surface area (Å²) in [6, 6.07) is 0. The summed E-state index contributed by atoms with van der Waals surface area (Å²) < 4.78 is 0. The molecule has 0 saturated heterocycles. The zero-order chi connectivity index (χ0) is 8.39. The highest BCUT2D eigenvalue weighted by Gasteiger charge is 2.20. The van der Waals surface area contributed by atoms with Crippen LogP contribution in [0.15, 0.2) is 22.6 Å². The molecular formula is C8H12N4. The molecule has 0 spiro atoms. The molecule has 0 aromatic carbocycles. The van der Waals surface area contributed by atoms with Gasteiger partial charge in [-0.05, 0) is 6.08 Å². The molecule has 0 fully saturated rings. The molecule has 64 valence electrons. The first-order chi connectivity index (χ1) is 5.92. The number of hydrogen-bond acceptors (Lipinski definition) is 4. The van der Waals surface area contributed by atoms with E-state index in [0.29, 0.717) is 0 Å². The van der Waals surface area contributed by atoms with Gasteiger partial charge in [0.05, 0.1) is 26.2 Å². The fourth-order valence-corrected chi connectivity index (χ4v) is 1.44. The second-order valence-electron chi connectivity index (χ2n) is 2.75. The lowest BCUT2D eigenvalue weighted by Gasteiger charge is -2.27. The van der Waals surface area contributed by atoms with Crippen molar-refractivity contribution in [2.24, 2.45) is 9.98 Å². The molecule has 2 heterocycles. The van der Waals surface area contributed by atoms with Crippen LogP contribution in [0.4, 0.5) is 0 Å². The van der Waals surface area contributed by atoms with E-state index >= 15 is 0 Å². The van der Waals surface area contributed by atoms with E-state index < -0.39 is 0 Å². The fourth-order valence-electron chi connectivity index (χ4n) is 1.44. The molecule has 0 aromatic rings. The van der Waals surface area contributed by atoms with Crippen molar-refractivity contribution in [1.29, 1.82) is 0 Å². The third-order valence-electron chi connectivity index (χ3n) is 2.02. The van der Waals surface area contributed by atoms with Gasteiger partial charge >= 0.3 is 0 Å². The largest absolute Gasteiger partial charge is 0.272 e. The quantitative estimate of drug-likeness (QED) is 0.581. The van der Waals surface area contributed by atoms with Crippen LogP contribution in [-0.4, -0.2) is 48.4 Å². The lowest BCUT2D eigenvalue weighted by Crippen LogP contribution is -2.42. The van der Waals surface area contributed by atoms with Crippen LogP contribution >= 0.6 is 0 Å². The van der Waals surface area contributed by atoms with Crippen molar-refractivity contribution in [3.63, 3.8) is 0 Å². The summed E-state index contributed by atoms with van der Waals surface area (Å²) in [7, 11) is 0. The van der Waals surface area contributed by atoms with Gasteiger partial charge in [0.2, 0.25) is 0 Å². The standard InChI is InChI=1S/C8H12N4/c1-2-8-10-4-6-12(8)11-5-3-9-7-11/h2,7H,1,3-6H2. The van der Waals surface area contributed by atoms with Gasteiger partial charge in [-0.25, -0.2) is 0 Å². The van der Waals surface area contributed by atoms with Crippen LogP contribution in [0.1, 0.15) is 0 Å². The Kier molecular flexibility index (Phi) is 1.81. The van der Waals surface area contributed by atoms with Gasteiger partial charge in [-0.15, -0.1) is 0 Å². The Morgan fingerprint density at radius 2 is 2.33 bits per heavy atom. The predicted octanol–water partition coefficient (Wildman–Crippen LogP) is 0.145. The number of nitrogens with zero attached hydrogens (tertiary/aromatic N) is 4. The smallest absolute Gasteiger partial charge is 0.141 e. The molecule has 0 radical (unpaired) electrons. The first-order valence-electron chi connectivity index (χ1n) is 4.13. The van der Waals surface area contributed by atoms with E-state index in [1.165, 1.54) is 0 Å². The zero-order valence-electron chi connectivity index (χ0n) is 6.98. The molecule has 0 unspecified atom stereocenters. The Morgan fingerprint density at radius 3 is 3.00 bits per heavy atom. The first-order valence-corrected chi connectivity index (χ1v) is 4.13. The van der Waals surface area contributed by atoms with Crippen molar-refractivity contribution in [1.82, 2.24) is 10.0 Å². The second-order valence-corrected chi connectivity index (χ2v) is 2.75. The van der Waals surface area contributed by atoms with Crippen LogP contribution in [0.5, 0.6) is 0 Å². The Bertz CT molecular complexity index is 243. The van der Waals surface area contributed by atoms with Crippen molar-refractivity contribution < 1.29 is 0 Å². The minimum atomic E-state index is 0.867. The Morgan fingerprint density at radius 1 is 1.42 bits per heavy atom. The van der Waals surface area contributed by atoms with E-state index in [9.17, 15) is 0 Å². The van der Waals surface area contributed by atoms with E-state index in [1.807, 2.05) is 6.34 Å². The molecular weight excluding hydrogens is 152 g/mol. The van der Waals surface area contributed by atoms with Crippen LogP contribution < -0.4 is 0 Å². The highest BCUT2D eigenvalue weighted by Crippen LogP contribution is 2.07. The van der Waals surface area contributed by atoms with Gasteiger partial charge in [-0.1, -0.05) is 6.58 Å². The lowest BCUT2D eigenvalue weighted by molar-refractivity contribution is 0.170. The fraction of sp³-hybridized carbons (Fsp3) is 0.500. The molecule has 0 atom stereocenters. The molecule has 2 rings (SSSR count). The molecule has 0 aliphatic carbocycles. The summed E-state index contributed by atoms with van der Waals surface area (Å²) in [4.78, 5) is 8.45. The number of hydrazine groups is 1. The maximum absolute atomic E-state index is 4.30. The molecule has 0 aromatic heterocycles. The molecule has 0 N–H and O–H groups in total. The molecule has 4 nitrogen and oxygen atoms in total. The first kappa shape index (κ1) is 7.34. The van der Waals surface area contributed by atoms with Crippen LogP contribution in [0.3, 0.4) is 0 Å². The van der Waals surface area contributed by atoms with Crippen LogP contribution in [0.2, 0.25) is 0 Å². The minimum absolute atomic E-state index is 0.867. The molecule has 2 aliphatic rings. The average Bonchev–Trinajstić information content (AvgIpc) is 2.74. The average molecular weight is 164 g/mol. The van der Waals surface area contributed by atoms with Gasteiger partial charge in [0, 0.05) is 0 Å². The summed E-state index contributed by atoms with van der Waals surface area (Å²) in [6.45, 7) is 7.39. The maximum Gasteiger partial charge on any atom is 0.141 e. The lowest BCUT2D eigenvalue weighted by atomic mass is 10.5. The van der Waals surface area contributed by atoms with Crippen LogP contribution in [0.25, 0.3) is 0 Å². The molecule has 4 heteroatoms. The highest BCUT2D eigenvalue weighted by molar-refractivity contribution is 5.94. The van der Waals surface area contributed by atoms with E-state index in [1.54, 1.807) is 6.08 Å². The van der Waals surface area contributed by atoms with Crippen LogP contribution in [0, 0.1) is 0 Å². The zero-order valence-corrected chi connectivity index (χ0v) is 6.98. The number of hydrogen-bond donors (Lipinski definition) is 0. The van der Waals surface area contributed by atoms with Gasteiger partial charge in [-0.3, -0.25) is 20.0 Å². The van der Waals surface area contributed by atoms with Crippen molar-refractivity contribution >= 4 is 12.2 Å². The summed E-state index contributed by atoms with van der Waals surface area (Å²) in [5.41, 5.74) is 0. The van der Waals surface area contributed by atoms with Gasteiger partial charge in [0.25, 0.3) is 0 Å². The van der Waals surface area contributed by atoms with Gasteiger partial charge in [0.15, 0.2) is 0 Å². The van der Waals surface area contributed by atoms with E-state index in [4.69, 9.17) is 0 Å². The molecule has 0 amide bonds. The van der Waals surface area contributed by atoms with Gasteiger partial charge in [-0.2, -0.15) is 0 Å². The third-order valence-corrected chi connectivity index (χ3v) is 2.02. The summed E-state index contributed by atoms with van der Waals surface area (Å²) in [5, 5.41) is 4.21. The van der Waals surface area contributed by atoms with Gasteiger partial charge in [0.1, 0.15) is 12.2 Å². The van der Waals surface area contributed by atoms with Crippen molar-refractivity contribution in [2.75, 3.05) is 26.2 Å². The van der Waals surface area contributed by atoms with E-state index in [-0.39, 0.29) is 0 Å². The van der Waals surface area contributed by atoms with E-state index in [2.05, 4.69) is 26.6 Å². The molecule has 0 saturated carbocycles. The molecule has 2 aliphatic heterocycles. The van der Waals surface area contributed by atoms with Crippen molar-refractivity contribution in [2.45, 2.75) is 0 Å². The Labute approximate surface area is 71.9 Å². The number of amidine groups is 1. The Hall–Kier alpha value is -1.32. The highest BCUT2D eigenvalue weighted by atomic mass is 15.7. The summed E-state index contributed by atoms with van der Waals surface area (Å²) >= 11 is 0. The predicted molar refractivity (Wildman–Crippen MR) is 49.3 cm³/mol. The minimum Gasteiger partial charge on any atom is -0.272 e. The van der Waals surface area contributed by atoms with Crippen LogP contribution in [-0.2, 0) is 0 Å². The number of rotatable bonds is 2. The number of aliphatic imine (C=N–C) groups is 2. The maximum atomic E-state index is 4.30. The summed E-state index contributed by atoms with van der Waals surface area (Å²) in [6.07, 6.45) is 3.66. The van der Waals surface area contributed by atoms with Gasteiger partial charge < -0.3 is 0 Å². The molecule has 12 heavy (non-hydrogen) atoms. The van der Waals surface area contributed by atoms with E-state index in [0.717, 1.165) is 32.0 Å². The topological polar surface area (TPSA) is 31.2 Å². The van der Waals surface area contributed by atoms with Crippen molar-refractivity contribution in [3.05, 3.63) is 12.7 Å². The second kappa shape index (κ2) is 2.97. The third kappa shape index (κ3) is 1.09. The monoisotopic (exact) mass is 164 g/mol. The van der Waals surface area contributed by atoms with Crippen molar-refractivity contribution in [3.8, 4) is 0 Å². The normalized spacial score (nSPS) is 21.8. The Balaban J connectivity index is 2.08. The SMILES string of the molecule is C=CC1=NCCN1N1C=NCC1. The molecule has 0 bridgehead atoms. The summed E-state index contributed by atoms with van der Waals surface area (Å²) in [5.74, 6) is 0.961.